The summed E-state index contributed by atoms with van der Waals surface area (Å²) in [4.78, 5) is 14.2. The molecule has 0 spiro atoms. The molecular weight excluding hydrogens is 186 g/mol. The molecule has 0 aromatic heterocycles. The Morgan fingerprint density at radius 3 is 2.20 bits per heavy atom. The molecule has 1 saturated heterocycles. The van der Waals surface area contributed by atoms with Crippen molar-refractivity contribution >= 4 is 5.91 Å². The fourth-order valence-electron chi connectivity index (χ4n) is 2.33. The second-order valence-corrected chi connectivity index (χ2v) is 4.35. The van der Waals surface area contributed by atoms with Crippen LogP contribution in [-0.2, 0) is 0 Å². The average Bonchev–Trinajstić information content (AvgIpc) is 2.59. The molecule has 1 amide bonds. The maximum atomic E-state index is 12.2. The van der Waals surface area contributed by atoms with Gasteiger partial charge in [-0.15, -0.1) is 0 Å². The van der Waals surface area contributed by atoms with Crippen LogP contribution in [0.1, 0.15) is 37.0 Å². The minimum Gasteiger partial charge on any atom is -0.333 e. The molecule has 0 aliphatic carbocycles. The highest BCUT2D eigenvalue weighted by Crippen LogP contribution is 2.25. The van der Waals surface area contributed by atoms with Crippen LogP contribution in [0.25, 0.3) is 0 Å². The number of hydrogen-bond acceptors (Lipinski definition) is 1. The van der Waals surface area contributed by atoms with E-state index in [4.69, 9.17) is 0 Å². The first kappa shape index (κ1) is 10.2. The van der Waals surface area contributed by atoms with Gasteiger partial charge in [0.15, 0.2) is 0 Å². The van der Waals surface area contributed by atoms with Crippen LogP contribution >= 0.6 is 0 Å². The molecule has 0 N–H and O–H groups in total. The molecule has 1 aromatic rings. The van der Waals surface area contributed by atoms with Crippen LogP contribution in [0, 0.1) is 0 Å². The Bertz CT molecular complexity index is 337. The van der Waals surface area contributed by atoms with Gasteiger partial charge in [0.25, 0.3) is 5.91 Å². The van der Waals surface area contributed by atoms with Crippen LogP contribution in [0.15, 0.2) is 30.3 Å². The van der Waals surface area contributed by atoms with E-state index in [9.17, 15) is 4.79 Å². The van der Waals surface area contributed by atoms with E-state index < -0.39 is 0 Å². The summed E-state index contributed by atoms with van der Waals surface area (Å²) in [5, 5.41) is 0. The summed E-state index contributed by atoms with van der Waals surface area (Å²) >= 11 is 0. The molecule has 80 valence electrons. The second kappa shape index (κ2) is 4.05. The summed E-state index contributed by atoms with van der Waals surface area (Å²) < 4.78 is 0. The molecule has 1 heterocycles. The third-order valence-corrected chi connectivity index (χ3v) is 3.21. The van der Waals surface area contributed by atoms with Crippen molar-refractivity contribution in [3.63, 3.8) is 0 Å². The van der Waals surface area contributed by atoms with E-state index in [1.54, 1.807) is 0 Å². The second-order valence-electron chi connectivity index (χ2n) is 4.35. The fourth-order valence-corrected chi connectivity index (χ4v) is 2.33. The molecule has 0 radical (unpaired) electrons. The van der Waals surface area contributed by atoms with Gasteiger partial charge in [-0.05, 0) is 38.8 Å². The van der Waals surface area contributed by atoms with Crippen LogP contribution in [0.3, 0.4) is 0 Å². The van der Waals surface area contributed by atoms with Crippen molar-refractivity contribution in [3.05, 3.63) is 35.9 Å². The van der Waals surface area contributed by atoms with Crippen LogP contribution in [-0.4, -0.2) is 22.9 Å². The quantitative estimate of drug-likeness (QED) is 0.687. The number of carbonyl (C=O) groups is 1. The van der Waals surface area contributed by atoms with Crippen LogP contribution in [0.5, 0.6) is 0 Å². The van der Waals surface area contributed by atoms with Crippen LogP contribution in [0.2, 0.25) is 0 Å². The Kier molecular flexibility index (Phi) is 2.76. The molecule has 2 rings (SSSR count). The zero-order chi connectivity index (χ0) is 10.8. The van der Waals surface area contributed by atoms with Crippen LogP contribution in [0.4, 0.5) is 0 Å². The minimum atomic E-state index is 0.174. The highest BCUT2D eigenvalue weighted by molar-refractivity contribution is 5.94. The van der Waals surface area contributed by atoms with Gasteiger partial charge in [0.2, 0.25) is 0 Å². The summed E-state index contributed by atoms with van der Waals surface area (Å²) in [7, 11) is 0. The Morgan fingerprint density at radius 1 is 1.13 bits per heavy atom. The van der Waals surface area contributed by atoms with Crippen molar-refractivity contribution in [2.45, 2.75) is 38.8 Å². The molecule has 15 heavy (non-hydrogen) atoms. The molecule has 0 unspecified atom stereocenters. The largest absolute Gasteiger partial charge is 0.333 e. The molecule has 1 aliphatic heterocycles. The number of likely N-dealkylation sites (tertiary alicyclic amines) is 1. The third-order valence-electron chi connectivity index (χ3n) is 3.21. The lowest BCUT2D eigenvalue weighted by Crippen LogP contribution is -2.38. The Balaban J connectivity index is 2.21. The van der Waals surface area contributed by atoms with Gasteiger partial charge >= 0.3 is 0 Å². The highest BCUT2D eigenvalue weighted by Gasteiger charge is 2.31. The average molecular weight is 203 g/mol. The summed E-state index contributed by atoms with van der Waals surface area (Å²) in [6, 6.07) is 10.3. The van der Waals surface area contributed by atoms with Crippen LogP contribution < -0.4 is 0 Å². The molecule has 1 fully saturated rings. The van der Waals surface area contributed by atoms with Gasteiger partial charge in [-0.25, -0.2) is 0 Å². The van der Waals surface area contributed by atoms with Crippen molar-refractivity contribution in [1.82, 2.24) is 4.90 Å². The summed E-state index contributed by atoms with van der Waals surface area (Å²) in [5.74, 6) is 0.174. The van der Waals surface area contributed by atoms with E-state index in [-0.39, 0.29) is 5.91 Å². The van der Waals surface area contributed by atoms with Gasteiger partial charge in [0.1, 0.15) is 0 Å². The lowest BCUT2D eigenvalue weighted by atomic mass is 10.2. The van der Waals surface area contributed by atoms with Gasteiger partial charge in [-0.1, -0.05) is 18.2 Å². The number of carbonyl (C=O) groups excluding carboxylic acids is 1. The van der Waals surface area contributed by atoms with Crippen molar-refractivity contribution in [3.8, 4) is 0 Å². The summed E-state index contributed by atoms with van der Waals surface area (Å²) in [6.07, 6.45) is 2.25. The van der Waals surface area contributed by atoms with E-state index in [0.29, 0.717) is 12.1 Å². The first-order valence-corrected chi connectivity index (χ1v) is 5.58. The third kappa shape index (κ3) is 1.89. The number of rotatable bonds is 1. The summed E-state index contributed by atoms with van der Waals surface area (Å²) in [6.45, 7) is 4.26. The molecule has 2 nitrogen and oxygen atoms in total. The molecule has 2 atom stereocenters. The molecule has 1 aliphatic rings. The predicted molar refractivity (Wildman–Crippen MR) is 60.8 cm³/mol. The SMILES string of the molecule is C[C@@H]1CC[C@H](C)N1C(=O)c1ccccc1. The van der Waals surface area contributed by atoms with Crippen molar-refractivity contribution in [1.29, 1.82) is 0 Å². The van der Waals surface area contributed by atoms with E-state index in [1.807, 2.05) is 35.2 Å². The Hall–Kier alpha value is -1.31. The van der Waals surface area contributed by atoms with Gasteiger partial charge in [-0.3, -0.25) is 4.79 Å². The number of hydrogen-bond donors (Lipinski definition) is 0. The molecular formula is C13H17NO. The maximum Gasteiger partial charge on any atom is 0.254 e. The van der Waals surface area contributed by atoms with Gasteiger partial charge in [0, 0.05) is 17.6 Å². The Morgan fingerprint density at radius 2 is 1.67 bits per heavy atom. The summed E-state index contributed by atoms with van der Waals surface area (Å²) in [5.41, 5.74) is 0.804. The van der Waals surface area contributed by atoms with E-state index in [0.717, 1.165) is 18.4 Å². The lowest BCUT2D eigenvalue weighted by Gasteiger charge is -2.26. The van der Waals surface area contributed by atoms with Crippen molar-refractivity contribution < 1.29 is 4.79 Å². The van der Waals surface area contributed by atoms with E-state index in [2.05, 4.69) is 13.8 Å². The topological polar surface area (TPSA) is 20.3 Å². The minimum absolute atomic E-state index is 0.174. The van der Waals surface area contributed by atoms with Gasteiger partial charge in [0.05, 0.1) is 0 Å². The maximum absolute atomic E-state index is 12.2. The van der Waals surface area contributed by atoms with Gasteiger partial charge in [-0.2, -0.15) is 0 Å². The fraction of sp³-hybridized carbons (Fsp3) is 0.462. The zero-order valence-electron chi connectivity index (χ0n) is 9.31. The monoisotopic (exact) mass is 203 g/mol. The first-order valence-electron chi connectivity index (χ1n) is 5.58. The van der Waals surface area contributed by atoms with E-state index in [1.165, 1.54) is 0 Å². The van der Waals surface area contributed by atoms with Gasteiger partial charge < -0.3 is 4.90 Å². The standard InChI is InChI=1S/C13H17NO/c1-10-8-9-11(2)14(10)13(15)12-6-4-3-5-7-12/h3-7,10-11H,8-9H2,1-2H3/t10-,11+. The smallest absolute Gasteiger partial charge is 0.254 e. The molecule has 1 aromatic carbocycles. The Labute approximate surface area is 90.9 Å². The predicted octanol–water partition coefficient (Wildman–Crippen LogP) is 2.70. The highest BCUT2D eigenvalue weighted by atomic mass is 16.2. The zero-order valence-corrected chi connectivity index (χ0v) is 9.31. The van der Waals surface area contributed by atoms with Crippen molar-refractivity contribution in [2.24, 2.45) is 0 Å². The molecule has 2 heteroatoms. The number of amides is 1. The normalized spacial score (nSPS) is 25.6. The number of benzene rings is 1. The number of nitrogens with zero attached hydrogens (tertiary/aromatic N) is 1. The molecule has 0 saturated carbocycles. The van der Waals surface area contributed by atoms with Crippen molar-refractivity contribution in [2.75, 3.05) is 0 Å². The first-order chi connectivity index (χ1) is 7.20. The van der Waals surface area contributed by atoms with E-state index >= 15 is 0 Å². The lowest BCUT2D eigenvalue weighted by molar-refractivity contribution is 0.0693. The molecule has 0 bridgehead atoms.